The number of halogens is 1. The minimum Gasteiger partial charge on any atom is -0.465 e. The van der Waals surface area contributed by atoms with E-state index in [2.05, 4.69) is 41.9 Å². The Labute approximate surface area is 339 Å². The number of nitrogens with zero attached hydrogens (tertiary/aromatic N) is 2. The summed E-state index contributed by atoms with van der Waals surface area (Å²) in [7, 11) is 3.25. The number of carbonyl (C=O) groups excluding carboxylic acids is 6. The van der Waals surface area contributed by atoms with E-state index in [1.165, 1.54) is 54.4 Å². The molecule has 324 valence electrons. The van der Waals surface area contributed by atoms with E-state index in [0.717, 1.165) is 24.3 Å². The molecule has 5 rings (SSSR count). The molecule has 2 aliphatic heterocycles. The zero-order chi connectivity index (χ0) is 44.1. The van der Waals surface area contributed by atoms with Crippen molar-refractivity contribution in [2.24, 2.45) is 17.8 Å². The van der Waals surface area contributed by atoms with E-state index < -0.39 is 23.8 Å². The first-order chi connectivity index (χ1) is 27.1. The van der Waals surface area contributed by atoms with Crippen LogP contribution < -0.4 is 16.0 Å². The maximum absolute atomic E-state index is 13.1. The van der Waals surface area contributed by atoms with Crippen molar-refractivity contribution >= 4 is 43.5 Å². The summed E-state index contributed by atoms with van der Waals surface area (Å²) in [6, 6.07) is 4.26. The normalized spacial score (nSPS) is 18.1. The third kappa shape index (κ3) is 23.1. The molecule has 0 radical (unpaired) electrons. The Bertz CT molecular complexity index is 1380. The lowest BCUT2D eigenvalue weighted by Crippen LogP contribution is -2.48. The van der Waals surface area contributed by atoms with Gasteiger partial charge < -0.3 is 40.3 Å². The lowest BCUT2D eigenvalue weighted by atomic mass is 10.1. The van der Waals surface area contributed by atoms with Gasteiger partial charge in [0, 0.05) is 38.7 Å². The van der Waals surface area contributed by atoms with Crippen molar-refractivity contribution in [3.05, 3.63) is 47.3 Å². The summed E-state index contributed by atoms with van der Waals surface area (Å²) in [6.07, 6.45) is 13.3. The van der Waals surface area contributed by atoms with E-state index in [-0.39, 0.29) is 42.5 Å². The second-order valence-electron chi connectivity index (χ2n) is 14.5. The summed E-state index contributed by atoms with van der Waals surface area (Å²) < 4.78 is 18.2. The zero-order valence-corrected chi connectivity index (χ0v) is 35.8. The first-order valence-electron chi connectivity index (χ1n) is 19.8. The van der Waals surface area contributed by atoms with Gasteiger partial charge in [-0.1, -0.05) is 77.7 Å². The van der Waals surface area contributed by atoms with Crippen LogP contribution in [0.25, 0.3) is 0 Å². The van der Waals surface area contributed by atoms with Crippen LogP contribution in [0.5, 0.6) is 0 Å². The van der Waals surface area contributed by atoms with Gasteiger partial charge in [-0.15, -0.1) is 0 Å². The lowest BCUT2D eigenvalue weighted by molar-refractivity contribution is -0.137. The van der Waals surface area contributed by atoms with Gasteiger partial charge in [0.2, 0.25) is 17.7 Å². The highest BCUT2D eigenvalue weighted by atomic mass is 19.1. The van der Waals surface area contributed by atoms with E-state index in [0.29, 0.717) is 31.0 Å². The summed E-state index contributed by atoms with van der Waals surface area (Å²) in [6.45, 7) is 18.6. The molecule has 3 fully saturated rings. The molecule has 1 saturated heterocycles. The number of carboxylic acid groups (broad SMARTS) is 1. The standard InChI is InChI=1S/C13H23N3O4.C12H21NO.C9H8FNO2.C4H8.C2H6.2CH2O/c1-13(2,3)20-12(19)15-8-10(17)16-7-5-6-9(16)11(18)14-4;1-3-4-5-6-7-8-10-9-11(10)12(14)13-2;10-8-3-1-2-6-4-11(9(12)13)5-7(6)8;1-4-2-3-4;3*1-2/h9H,5-8H2,1-4H3,(H,14,18)(H,15,19);7-8,10-11H,3-6,9H2,1-2H3,(H,13,14);1-3H,4-5H2,(H,12,13);4H,2-3H2,1H3;1-2H3;2*1H2/b;8-7-;;;;;/t;10-,11+;;;;;/m.1...../s1. The number of alkyl carbamates (subject to hydrolysis) is 1. The quantitative estimate of drug-likeness (QED) is 0.156. The van der Waals surface area contributed by atoms with Crippen molar-refractivity contribution in [2.45, 2.75) is 131 Å². The second-order valence-corrected chi connectivity index (χ2v) is 14.5. The Morgan fingerprint density at radius 2 is 1.56 bits per heavy atom. The molecule has 1 unspecified atom stereocenters. The molecule has 15 heteroatoms. The number of unbranched alkanes of at least 4 members (excludes halogenated alkanes) is 3. The van der Waals surface area contributed by atoms with Crippen molar-refractivity contribution in [3.63, 3.8) is 0 Å². The summed E-state index contributed by atoms with van der Waals surface area (Å²) >= 11 is 0. The molecule has 2 heterocycles. The number of fused-ring (bicyclic) bond motifs is 1. The van der Waals surface area contributed by atoms with Gasteiger partial charge in [0.05, 0.1) is 6.54 Å². The number of allylic oxidation sites excluding steroid dienone is 2. The number of nitrogens with one attached hydrogen (secondary N) is 3. The molecule has 14 nitrogen and oxygen atoms in total. The lowest BCUT2D eigenvalue weighted by Gasteiger charge is -2.24. The Morgan fingerprint density at radius 3 is 2.05 bits per heavy atom. The number of carbonyl (C=O) groups is 7. The van der Waals surface area contributed by atoms with Crippen molar-refractivity contribution in [2.75, 3.05) is 27.2 Å². The Hall–Kier alpha value is -4.82. The predicted molar refractivity (Wildman–Crippen MR) is 220 cm³/mol. The van der Waals surface area contributed by atoms with Gasteiger partial charge in [-0.2, -0.15) is 0 Å². The number of hydrogen-bond acceptors (Lipinski definition) is 8. The van der Waals surface area contributed by atoms with Gasteiger partial charge >= 0.3 is 12.2 Å². The molecular weight excluding hydrogens is 737 g/mol. The molecule has 3 atom stereocenters. The highest BCUT2D eigenvalue weighted by Gasteiger charge is 2.40. The smallest absolute Gasteiger partial charge is 0.408 e. The first-order valence-corrected chi connectivity index (χ1v) is 19.8. The highest BCUT2D eigenvalue weighted by molar-refractivity contribution is 5.90. The van der Waals surface area contributed by atoms with Crippen molar-refractivity contribution in [3.8, 4) is 0 Å². The molecule has 2 aliphatic carbocycles. The highest BCUT2D eigenvalue weighted by Crippen LogP contribution is 2.39. The molecule has 0 bridgehead atoms. The number of rotatable bonds is 9. The van der Waals surface area contributed by atoms with Crippen LogP contribution in [0.2, 0.25) is 0 Å². The molecule has 4 aliphatic rings. The number of likely N-dealkylation sites (N-methyl/N-ethyl adjacent to an activating group) is 1. The molecule has 0 spiro atoms. The minimum atomic E-state index is -1.00. The monoisotopic (exact) mass is 808 g/mol. The molecule has 4 N–H and O–H groups in total. The van der Waals surface area contributed by atoms with Gasteiger partial charge in [0.15, 0.2) is 0 Å². The molecule has 2 saturated carbocycles. The largest absolute Gasteiger partial charge is 0.465 e. The molecule has 1 aromatic rings. The van der Waals surface area contributed by atoms with E-state index in [1.807, 2.05) is 27.4 Å². The Morgan fingerprint density at radius 1 is 0.965 bits per heavy atom. The summed E-state index contributed by atoms with van der Waals surface area (Å²) in [4.78, 5) is 75.6. The van der Waals surface area contributed by atoms with E-state index >= 15 is 0 Å². The topological polar surface area (TPSA) is 192 Å². The minimum absolute atomic E-state index is 0.164. The molecule has 0 aromatic heterocycles. The molecular formula is C42H70FN5O9. The first kappa shape index (κ1) is 54.3. The van der Waals surface area contributed by atoms with E-state index in [1.54, 1.807) is 47.0 Å². The fraction of sp³-hybridized carbons (Fsp3) is 0.643. The van der Waals surface area contributed by atoms with Gasteiger partial charge in [0.1, 0.15) is 37.6 Å². The second kappa shape index (κ2) is 30.3. The van der Waals surface area contributed by atoms with Crippen LogP contribution in [-0.2, 0) is 41.8 Å². The number of ether oxygens (including phenoxy) is 1. The predicted octanol–water partition coefficient (Wildman–Crippen LogP) is 6.65. The van der Waals surface area contributed by atoms with E-state index in [9.17, 15) is 28.4 Å². The zero-order valence-electron chi connectivity index (χ0n) is 35.8. The third-order valence-electron chi connectivity index (χ3n) is 8.75. The van der Waals surface area contributed by atoms with Crippen LogP contribution in [0.3, 0.4) is 0 Å². The average Bonchev–Trinajstić information content (AvgIpc) is 4.05. The molecule has 57 heavy (non-hydrogen) atoms. The van der Waals surface area contributed by atoms with Crippen LogP contribution in [0, 0.1) is 23.6 Å². The number of benzene rings is 1. The average molecular weight is 808 g/mol. The van der Waals surface area contributed by atoms with Crippen LogP contribution in [-0.4, -0.2) is 97.2 Å². The molecule has 5 amide bonds. The summed E-state index contributed by atoms with van der Waals surface area (Å²) in [5.41, 5.74) is 0.665. The fourth-order valence-electron chi connectivity index (χ4n) is 5.45. The van der Waals surface area contributed by atoms with Crippen LogP contribution in [0.4, 0.5) is 14.0 Å². The Kier molecular flexibility index (Phi) is 28.9. The number of likely N-dealkylation sites (tertiary alicyclic amines) is 1. The number of hydrogen-bond donors (Lipinski definition) is 4. The SMILES string of the molecule is C=O.C=O.CC.CC1CC1.CCCCC/C=C\[C@@H]1C[C@@H]1C(=O)NC.CNC(=O)C1CCCN1C(=O)CNC(=O)OC(C)(C)C.O=C(O)N1Cc2cccc(F)c2C1. The van der Waals surface area contributed by atoms with Crippen molar-refractivity contribution in [1.82, 2.24) is 25.8 Å². The van der Waals surface area contributed by atoms with Crippen molar-refractivity contribution in [1.29, 1.82) is 0 Å². The summed E-state index contributed by atoms with van der Waals surface area (Å²) in [5, 5.41) is 16.3. The van der Waals surface area contributed by atoms with Gasteiger partial charge in [0.25, 0.3) is 0 Å². The van der Waals surface area contributed by atoms with Crippen molar-refractivity contribution < 1.29 is 47.8 Å². The van der Waals surface area contributed by atoms with Gasteiger partial charge in [-0.25, -0.2) is 14.0 Å². The van der Waals surface area contributed by atoms with Crippen LogP contribution in [0.1, 0.15) is 117 Å². The van der Waals surface area contributed by atoms with Crippen LogP contribution >= 0.6 is 0 Å². The molecule has 1 aromatic carbocycles. The van der Waals surface area contributed by atoms with Gasteiger partial charge in [-0.3, -0.25) is 19.3 Å². The van der Waals surface area contributed by atoms with Crippen LogP contribution in [0.15, 0.2) is 30.4 Å². The fourth-order valence-corrected chi connectivity index (χ4v) is 5.45. The number of amides is 5. The maximum Gasteiger partial charge on any atom is 0.408 e. The third-order valence-corrected chi connectivity index (χ3v) is 8.75. The maximum atomic E-state index is 13.1. The summed E-state index contributed by atoms with van der Waals surface area (Å²) in [5.74, 6) is 1.31. The van der Waals surface area contributed by atoms with Gasteiger partial charge in [-0.05, 0) is 76.3 Å². The van der Waals surface area contributed by atoms with E-state index in [4.69, 9.17) is 19.4 Å². The Balaban J connectivity index is 0.